The zero-order valence-corrected chi connectivity index (χ0v) is 32.0. The number of aryl methyl sites for hydroxylation is 1. The first-order valence-corrected chi connectivity index (χ1v) is 19.2. The summed E-state index contributed by atoms with van der Waals surface area (Å²) in [5.41, 5.74) is 0.705. The van der Waals surface area contributed by atoms with Crippen LogP contribution in [0, 0.1) is 18.3 Å². The Morgan fingerprint density at radius 1 is 1.11 bits per heavy atom. The first kappa shape index (κ1) is 38.0. The minimum absolute atomic E-state index is 0.0118. The van der Waals surface area contributed by atoms with Gasteiger partial charge in [0.1, 0.15) is 41.3 Å². The van der Waals surface area contributed by atoms with Crippen LogP contribution < -0.4 is 20.7 Å². The van der Waals surface area contributed by atoms with E-state index in [4.69, 9.17) is 19.4 Å². The van der Waals surface area contributed by atoms with Crippen molar-refractivity contribution in [2.45, 2.75) is 116 Å². The molecule has 1 aromatic carbocycles. The molecule has 3 aliphatic rings. The van der Waals surface area contributed by atoms with E-state index in [1.807, 2.05) is 71.2 Å². The van der Waals surface area contributed by atoms with Gasteiger partial charge in [0.2, 0.25) is 11.8 Å². The lowest BCUT2D eigenvalue weighted by atomic mass is 9.85. The lowest BCUT2D eigenvalue weighted by Crippen LogP contribution is -2.59. The molecule has 3 heterocycles. The van der Waals surface area contributed by atoms with Crippen molar-refractivity contribution in [1.82, 2.24) is 25.5 Å². The molecule has 3 aromatic rings. The van der Waals surface area contributed by atoms with E-state index in [2.05, 4.69) is 22.5 Å². The zero-order valence-electron chi connectivity index (χ0n) is 31.2. The molecule has 1 aliphatic heterocycles. The molecular formula is C39H50N6O7S. The molecule has 2 aromatic heterocycles. The number of alkyl carbamates (subject to hydrolysis) is 1. The number of carboxylic acids is 1. The predicted molar refractivity (Wildman–Crippen MR) is 203 cm³/mol. The predicted octanol–water partition coefficient (Wildman–Crippen LogP) is 6.06. The minimum Gasteiger partial charge on any atom is -0.488 e. The number of carboxylic acid groups (broad SMARTS) is 1. The van der Waals surface area contributed by atoms with Crippen molar-refractivity contribution in [3.05, 3.63) is 47.9 Å². The highest BCUT2D eigenvalue weighted by Crippen LogP contribution is 2.45. The Morgan fingerprint density at radius 2 is 1.85 bits per heavy atom. The quantitative estimate of drug-likeness (QED) is 0.160. The van der Waals surface area contributed by atoms with Crippen molar-refractivity contribution in [1.29, 1.82) is 0 Å². The number of pyridine rings is 1. The number of nitrogens with zero attached hydrogens (tertiary/aromatic N) is 3. The molecule has 13 nitrogen and oxygen atoms in total. The zero-order chi connectivity index (χ0) is 38.2. The third-order valence-corrected chi connectivity index (χ3v) is 11.1. The van der Waals surface area contributed by atoms with Crippen LogP contribution in [0.15, 0.2) is 42.3 Å². The molecule has 2 saturated carbocycles. The van der Waals surface area contributed by atoms with E-state index in [9.17, 15) is 24.3 Å². The number of rotatable bonds is 12. The Hall–Kier alpha value is -4.72. The van der Waals surface area contributed by atoms with Crippen LogP contribution in [0.3, 0.4) is 0 Å². The van der Waals surface area contributed by atoms with E-state index in [1.165, 1.54) is 22.3 Å². The van der Waals surface area contributed by atoms with Crippen molar-refractivity contribution in [3.63, 3.8) is 0 Å². The molecule has 2 aliphatic carbocycles. The van der Waals surface area contributed by atoms with E-state index >= 15 is 0 Å². The molecule has 5 atom stereocenters. The lowest BCUT2D eigenvalue weighted by Gasteiger charge is -2.35. The summed E-state index contributed by atoms with van der Waals surface area (Å²) in [7, 11) is 0. The number of hydrogen-bond donors (Lipinski definition) is 4. The number of aliphatic carboxylic acids is 1. The number of ether oxygens (including phenoxy) is 2. The highest BCUT2D eigenvalue weighted by molar-refractivity contribution is 7.14. The number of anilines is 1. The standard InChI is InChI=1S/C39H50N6O7S/c1-8-23-18-39(23,35(48)49)44-33(46)29-16-25(19-45(29)34(47)32(38(5,6)7)43-37(50)52-24-13-9-10-14-24)51-30-17-27(28-20-53-36(42-28)40-21(2)3)41-31-22(4)12-11-15-26(30)31/h8,11-12,15,17,20-21,23-25,29,32H,1,9-10,13-14,16,18-19H2,2-7H3,(H,40,42)(H,43,50)(H,44,46)(H,48,49)/t23-,25-,29+,32-,39-/m1/s1. The Bertz CT molecular complexity index is 1900. The number of nitrogens with one attached hydrogen (secondary N) is 3. The van der Waals surface area contributed by atoms with Crippen LogP contribution in [-0.4, -0.2) is 86.3 Å². The van der Waals surface area contributed by atoms with Crippen molar-refractivity contribution in [2.75, 3.05) is 11.9 Å². The van der Waals surface area contributed by atoms with Gasteiger partial charge in [-0.1, -0.05) is 39.0 Å². The van der Waals surface area contributed by atoms with Crippen LogP contribution in [0.4, 0.5) is 9.93 Å². The van der Waals surface area contributed by atoms with Gasteiger partial charge in [-0.05, 0) is 69.9 Å². The number of hydrogen-bond acceptors (Lipinski definition) is 10. The number of benzene rings is 1. The third kappa shape index (κ3) is 8.12. The normalized spacial score (nSPS) is 23.5. The van der Waals surface area contributed by atoms with Gasteiger partial charge in [-0.3, -0.25) is 9.59 Å². The van der Waals surface area contributed by atoms with Gasteiger partial charge in [0.15, 0.2) is 5.13 Å². The molecule has 0 spiro atoms. The topological polar surface area (TPSA) is 172 Å². The molecule has 284 valence electrons. The van der Waals surface area contributed by atoms with Crippen LogP contribution in [0.5, 0.6) is 5.75 Å². The van der Waals surface area contributed by atoms with E-state index in [-0.39, 0.29) is 31.5 Å². The van der Waals surface area contributed by atoms with E-state index in [0.29, 0.717) is 17.1 Å². The summed E-state index contributed by atoms with van der Waals surface area (Å²) < 4.78 is 12.4. The van der Waals surface area contributed by atoms with Crippen molar-refractivity contribution in [2.24, 2.45) is 11.3 Å². The molecule has 0 unspecified atom stereocenters. The fourth-order valence-electron chi connectivity index (χ4n) is 7.29. The molecule has 4 N–H and O–H groups in total. The Morgan fingerprint density at radius 3 is 2.49 bits per heavy atom. The summed E-state index contributed by atoms with van der Waals surface area (Å²) in [6, 6.07) is 5.71. The van der Waals surface area contributed by atoms with Crippen molar-refractivity contribution >= 4 is 51.2 Å². The molecule has 3 fully saturated rings. The van der Waals surface area contributed by atoms with Gasteiger partial charge < -0.3 is 35.4 Å². The monoisotopic (exact) mass is 746 g/mol. The van der Waals surface area contributed by atoms with Crippen LogP contribution in [-0.2, 0) is 19.1 Å². The third-order valence-electron chi connectivity index (χ3n) is 10.3. The van der Waals surface area contributed by atoms with Gasteiger partial charge in [0.05, 0.1) is 17.8 Å². The largest absolute Gasteiger partial charge is 0.488 e. The molecule has 0 bridgehead atoms. The van der Waals surface area contributed by atoms with Gasteiger partial charge in [0, 0.05) is 35.2 Å². The number of carbonyl (C=O) groups excluding carboxylic acids is 3. The Balaban J connectivity index is 1.32. The van der Waals surface area contributed by atoms with E-state index in [0.717, 1.165) is 47.3 Å². The number of amides is 3. The number of aromatic nitrogens is 2. The first-order chi connectivity index (χ1) is 25.1. The van der Waals surface area contributed by atoms with Gasteiger partial charge in [-0.25, -0.2) is 19.6 Å². The maximum Gasteiger partial charge on any atom is 0.408 e. The van der Waals surface area contributed by atoms with Crippen molar-refractivity contribution < 1.29 is 33.8 Å². The van der Waals surface area contributed by atoms with Crippen LogP contribution in [0.1, 0.15) is 78.7 Å². The van der Waals surface area contributed by atoms with E-state index in [1.54, 1.807) is 0 Å². The van der Waals surface area contributed by atoms with Crippen LogP contribution >= 0.6 is 11.3 Å². The Kier molecular flexibility index (Phi) is 10.7. The fourth-order valence-corrected chi connectivity index (χ4v) is 8.14. The number of para-hydroxylation sites is 1. The summed E-state index contributed by atoms with van der Waals surface area (Å²) >= 11 is 1.48. The second-order valence-electron chi connectivity index (χ2n) is 15.9. The second kappa shape index (κ2) is 15.0. The summed E-state index contributed by atoms with van der Waals surface area (Å²) in [5, 5.41) is 22.4. The summed E-state index contributed by atoms with van der Waals surface area (Å²) in [6.45, 7) is 15.3. The number of likely N-dealkylation sites (tertiary alicyclic amines) is 1. The average molecular weight is 747 g/mol. The van der Waals surface area contributed by atoms with Crippen molar-refractivity contribution in [3.8, 4) is 17.1 Å². The minimum atomic E-state index is -1.50. The van der Waals surface area contributed by atoms with Crippen LogP contribution in [0.25, 0.3) is 22.3 Å². The molecule has 3 amide bonds. The highest BCUT2D eigenvalue weighted by Gasteiger charge is 2.61. The maximum absolute atomic E-state index is 14.6. The molecule has 0 radical (unpaired) electrons. The average Bonchev–Trinajstić information content (AvgIpc) is 3.50. The molecule has 6 rings (SSSR count). The van der Waals surface area contributed by atoms with E-state index < -0.39 is 58.9 Å². The fraction of sp³-hybridized carbons (Fsp3) is 0.538. The summed E-state index contributed by atoms with van der Waals surface area (Å²) in [4.78, 5) is 65.2. The maximum atomic E-state index is 14.6. The SMILES string of the molecule is C=C[C@@H]1C[C@]1(NC(=O)[C@@H]1C[C@@H](Oc2cc(-c3csc(NC(C)C)n3)nc3c(C)cccc23)CN1C(=O)[C@@H](NC(=O)OC1CCCC1)C(C)(C)C)C(=O)O. The molecule has 53 heavy (non-hydrogen) atoms. The second-order valence-corrected chi connectivity index (χ2v) is 16.7. The Labute approximate surface area is 313 Å². The van der Waals surface area contributed by atoms with Crippen LogP contribution in [0.2, 0.25) is 0 Å². The van der Waals surface area contributed by atoms with Gasteiger partial charge in [-0.2, -0.15) is 0 Å². The van der Waals surface area contributed by atoms with Gasteiger partial charge >= 0.3 is 12.1 Å². The number of carbonyl (C=O) groups is 4. The molecule has 1 saturated heterocycles. The smallest absolute Gasteiger partial charge is 0.408 e. The summed E-state index contributed by atoms with van der Waals surface area (Å²) in [6.07, 6.45) is 3.75. The lowest BCUT2D eigenvalue weighted by molar-refractivity contribution is -0.146. The number of fused-ring (bicyclic) bond motifs is 1. The first-order valence-electron chi connectivity index (χ1n) is 18.3. The molecule has 14 heteroatoms. The number of thiazole rings is 1. The summed E-state index contributed by atoms with van der Waals surface area (Å²) in [5.74, 6) is -2.19. The van der Waals surface area contributed by atoms with Gasteiger partial charge in [0.25, 0.3) is 0 Å². The van der Waals surface area contributed by atoms with Gasteiger partial charge in [-0.15, -0.1) is 17.9 Å². The molecular weight excluding hydrogens is 697 g/mol. The highest BCUT2D eigenvalue weighted by atomic mass is 32.1.